The van der Waals surface area contributed by atoms with Crippen LogP contribution >= 0.6 is 0 Å². The molecule has 1 amide bonds. The fraction of sp³-hybridized carbons (Fsp3) is 0.394. The summed E-state index contributed by atoms with van der Waals surface area (Å²) < 4.78 is 28.6. The Labute approximate surface area is 314 Å². The summed E-state index contributed by atoms with van der Waals surface area (Å²) >= 11 is 0. The number of nitrogens with zero attached hydrogens (tertiary/aromatic N) is 3. The minimum absolute atomic E-state index is 0. The van der Waals surface area contributed by atoms with E-state index in [1.807, 2.05) is 0 Å². The second-order valence-electron chi connectivity index (χ2n) is 12.5. The number of aliphatic hydroxyl groups excluding tert-OH is 2. The van der Waals surface area contributed by atoms with E-state index < -0.39 is 69.7 Å². The molecule has 47 heavy (non-hydrogen) atoms. The van der Waals surface area contributed by atoms with Crippen LogP contribution in [0.2, 0.25) is 0 Å². The van der Waals surface area contributed by atoms with Gasteiger partial charge in [0.1, 0.15) is 34.5 Å². The Morgan fingerprint density at radius 1 is 1.04 bits per heavy atom. The molecule has 0 heterocycles. The smallest absolute Gasteiger partial charge is 0.508 e. The average molecular weight is 681 g/mol. The number of primary amides is 1. The van der Waals surface area contributed by atoms with E-state index in [0.717, 1.165) is 12.1 Å². The third-order valence-corrected chi connectivity index (χ3v) is 9.19. The second kappa shape index (κ2) is 14.0. The predicted octanol–water partition coefficient (Wildman–Crippen LogP) is -0.606. The number of phenols is 1. The fourth-order valence-electron chi connectivity index (χ4n) is 7.17. The summed E-state index contributed by atoms with van der Waals surface area (Å²) in [7, 11) is 8.19. The summed E-state index contributed by atoms with van der Waals surface area (Å²) in [4.78, 5) is 44.4. The van der Waals surface area contributed by atoms with Crippen molar-refractivity contribution in [1.82, 2.24) is 9.80 Å². The first kappa shape index (κ1) is 38.8. The number of benzene rings is 2. The number of carbonyl (C=O) groups excluding carboxylic acids is 3. The number of Topliss-reactive ketones (excluding diaryl/α,β-unsaturated/α-hetero) is 2. The Balaban J connectivity index is 0.00000300. The molecule has 2 aromatic carbocycles. The van der Waals surface area contributed by atoms with Gasteiger partial charge in [-0.2, -0.15) is 0 Å². The second-order valence-corrected chi connectivity index (χ2v) is 12.5. The van der Waals surface area contributed by atoms with Crippen LogP contribution in [0.3, 0.4) is 0 Å². The van der Waals surface area contributed by atoms with Crippen molar-refractivity contribution in [2.75, 3.05) is 40.1 Å². The van der Waals surface area contributed by atoms with Gasteiger partial charge in [0, 0.05) is 55.5 Å². The number of ketones is 2. The van der Waals surface area contributed by atoms with Gasteiger partial charge in [-0.1, -0.05) is 6.07 Å². The molecule has 0 aromatic heterocycles. The molecule has 0 bridgehead atoms. The van der Waals surface area contributed by atoms with E-state index in [4.69, 9.17) is 5.73 Å². The largest absolute Gasteiger partial charge is 1.00 e. The minimum atomic E-state index is -2.74. The van der Waals surface area contributed by atoms with Crippen LogP contribution in [0.25, 0.3) is 5.76 Å². The predicted molar refractivity (Wildman–Crippen MR) is 167 cm³/mol. The normalized spacial score (nSPS) is 23.6. The SMILES string of the molecule is CN(Cc1cc(N(C)C)c2c(c1O)C(O)=C1C(=O)[C@]3(O)C(O)=C(C(N)=O)C(=O)[C@@H](N(C)C)[C@@H]3C[C@@H]1C2)Cc1c(F)cccc1F.[CH3-].[K+]. The molecule has 0 radical (unpaired) electrons. The molecule has 2 aromatic rings. The Morgan fingerprint density at radius 2 is 1.64 bits per heavy atom. The summed E-state index contributed by atoms with van der Waals surface area (Å²) in [5, 5.41) is 46.0. The Morgan fingerprint density at radius 3 is 2.17 bits per heavy atom. The van der Waals surface area contributed by atoms with Crippen LogP contribution in [0.1, 0.15) is 28.7 Å². The van der Waals surface area contributed by atoms with Crippen LogP contribution in [0.5, 0.6) is 5.75 Å². The molecule has 1 fully saturated rings. The van der Waals surface area contributed by atoms with Crippen LogP contribution in [0.15, 0.2) is 41.2 Å². The van der Waals surface area contributed by atoms with Crippen molar-refractivity contribution in [3.63, 3.8) is 0 Å². The van der Waals surface area contributed by atoms with Crippen molar-refractivity contribution in [3.8, 4) is 5.75 Å². The van der Waals surface area contributed by atoms with E-state index in [1.165, 1.54) is 25.1 Å². The van der Waals surface area contributed by atoms with Crippen LogP contribution in [0, 0.1) is 30.9 Å². The summed E-state index contributed by atoms with van der Waals surface area (Å²) in [5.74, 6) is -8.72. The number of nitrogens with two attached hydrogens (primary N) is 1. The van der Waals surface area contributed by atoms with Crippen molar-refractivity contribution >= 4 is 28.9 Å². The molecule has 4 atom stereocenters. The molecule has 5 rings (SSSR count). The maximum atomic E-state index is 14.3. The van der Waals surface area contributed by atoms with Gasteiger partial charge < -0.3 is 38.5 Å². The number of phenolic OH excluding ortho intramolecular Hbond substituents is 1. The van der Waals surface area contributed by atoms with E-state index in [1.54, 1.807) is 37.0 Å². The van der Waals surface area contributed by atoms with Gasteiger partial charge >= 0.3 is 51.4 Å². The van der Waals surface area contributed by atoms with E-state index in [9.17, 15) is 43.6 Å². The quantitative estimate of drug-likeness (QED) is 0.145. The number of halogens is 2. The van der Waals surface area contributed by atoms with Crippen molar-refractivity contribution in [2.24, 2.45) is 17.6 Å². The Bertz CT molecular complexity index is 1690. The van der Waals surface area contributed by atoms with Crippen molar-refractivity contribution in [2.45, 2.75) is 37.6 Å². The summed E-state index contributed by atoms with van der Waals surface area (Å²) in [6.45, 7) is -0.133. The van der Waals surface area contributed by atoms with Crippen molar-refractivity contribution < 1.29 is 95.0 Å². The van der Waals surface area contributed by atoms with Gasteiger partial charge in [-0.25, -0.2) is 8.78 Å². The molecule has 1 saturated carbocycles. The molecular weight excluding hydrogens is 641 g/mol. The molecule has 248 valence electrons. The van der Waals surface area contributed by atoms with Gasteiger partial charge in [-0.3, -0.25) is 24.2 Å². The Kier molecular flexibility index (Phi) is 11.6. The fourth-order valence-corrected chi connectivity index (χ4v) is 7.17. The van der Waals surface area contributed by atoms with E-state index in [-0.39, 0.29) is 113 Å². The summed E-state index contributed by atoms with van der Waals surface area (Å²) in [5.41, 5.74) is 2.68. The van der Waals surface area contributed by atoms with Gasteiger partial charge in [-0.15, -0.1) is 0 Å². The molecule has 3 aliphatic rings. The van der Waals surface area contributed by atoms with Crippen molar-refractivity contribution in [1.29, 1.82) is 0 Å². The van der Waals surface area contributed by atoms with Gasteiger partial charge in [0.05, 0.1) is 11.6 Å². The van der Waals surface area contributed by atoms with Crippen LogP contribution in [0.4, 0.5) is 14.5 Å². The summed E-state index contributed by atoms with van der Waals surface area (Å²) in [6, 6.07) is 4.08. The first-order valence-electron chi connectivity index (χ1n) is 14.3. The Hall–Kier alpha value is -2.69. The molecular formula is C33H39F2KN4O7. The van der Waals surface area contributed by atoms with Crippen LogP contribution in [-0.4, -0.2) is 94.6 Å². The zero-order valence-corrected chi connectivity index (χ0v) is 30.7. The van der Waals surface area contributed by atoms with E-state index in [2.05, 4.69) is 0 Å². The topological polar surface area (TPSA) is 168 Å². The maximum absolute atomic E-state index is 14.3. The number of aliphatic hydroxyl groups is 3. The van der Waals surface area contributed by atoms with Crippen LogP contribution in [-0.2, 0) is 33.9 Å². The molecule has 0 aliphatic heterocycles. The zero-order valence-electron chi connectivity index (χ0n) is 27.6. The van der Waals surface area contributed by atoms with Gasteiger partial charge in [0.2, 0.25) is 5.78 Å². The summed E-state index contributed by atoms with van der Waals surface area (Å²) in [6.07, 6.45) is 0.101. The number of hydrogen-bond acceptors (Lipinski definition) is 10. The molecule has 0 unspecified atom stereocenters. The molecule has 0 saturated heterocycles. The van der Waals surface area contributed by atoms with E-state index >= 15 is 0 Å². The number of carbonyl (C=O) groups is 3. The number of likely N-dealkylation sites (N-methyl/N-ethyl adjacent to an activating group) is 1. The van der Waals surface area contributed by atoms with E-state index in [0.29, 0.717) is 11.3 Å². The van der Waals surface area contributed by atoms with Crippen molar-refractivity contribution in [3.05, 3.63) is 82.5 Å². The van der Waals surface area contributed by atoms with Gasteiger partial charge in [0.25, 0.3) is 5.91 Å². The molecule has 11 nitrogen and oxygen atoms in total. The number of rotatable bonds is 7. The van der Waals surface area contributed by atoms with Crippen LogP contribution < -0.4 is 62.0 Å². The monoisotopic (exact) mass is 680 g/mol. The third-order valence-electron chi connectivity index (χ3n) is 9.19. The average Bonchev–Trinajstić information content (AvgIpc) is 2.93. The maximum Gasteiger partial charge on any atom is 1.00 e. The molecule has 0 spiro atoms. The number of aromatic hydroxyl groups is 1. The van der Waals surface area contributed by atoms with Gasteiger partial charge in [-0.05, 0) is 63.7 Å². The van der Waals surface area contributed by atoms with Gasteiger partial charge in [0.15, 0.2) is 11.4 Å². The molecule has 14 heteroatoms. The minimum Gasteiger partial charge on any atom is -0.508 e. The molecule has 6 N–H and O–H groups in total. The zero-order chi connectivity index (χ0) is 33.3. The number of hydrogen-bond donors (Lipinski definition) is 5. The number of fused-ring (bicyclic) bond motifs is 3. The first-order valence-corrected chi connectivity index (χ1v) is 14.3. The number of anilines is 1. The first-order chi connectivity index (χ1) is 21.0. The number of amides is 1. The third kappa shape index (κ3) is 6.18. The standard InChI is InChI=1S/C32H36F2N4O7.CH3.K/c1-36(2)21-11-15(12-38(5)13-17-19(33)7-6-8-20(17)34)26(39)23-16(21)9-14-10-18-25(37(3)4)28(41)24(31(35)44)30(43)32(18,45)29(42)22(14)27(23)40;;/h6-8,11,14,18,25,39-40,43,45H,9-10,12-13H2,1-5H3,(H2,35,44);1H3;/q;-1;+1/t14-,18-,25-,32-;;/m0../s1. The molecule has 3 aliphatic carbocycles.